The Morgan fingerprint density at radius 1 is 1.40 bits per heavy atom. The standard InChI is InChI=1S/C10H14N6O2S2/c17-20(18,12-5-10-13-15-16-14-10)9-3-8(19-6-9)4-11-7-1-2-7/h3,6-7,11-12H,1-2,4-5H2,(H,13,14,15,16). The van der Waals surface area contributed by atoms with E-state index >= 15 is 0 Å². The zero-order valence-corrected chi connectivity index (χ0v) is 12.2. The van der Waals surface area contributed by atoms with Crippen LogP contribution in [0.5, 0.6) is 0 Å². The van der Waals surface area contributed by atoms with Gasteiger partial charge in [0.1, 0.15) is 0 Å². The molecule has 2 heterocycles. The molecule has 3 rings (SSSR count). The zero-order chi connectivity index (χ0) is 14.0. The molecule has 1 aliphatic carbocycles. The summed E-state index contributed by atoms with van der Waals surface area (Å²) < 4.78 is 26.6. The minimum Gasteiger partial charge on any atom is -0.309 e. The first kappa shape index (κ1) is 13.6. The van der Waals surface area contributed by atoms with Gasteiger partial charge < -0.3 is 5.32 Å². The van der Waals surface area contributed by atoms with Crippen molar-refractivity contribution in [1.29, 1.82) is 0 Å². The number of tetrazole rings is 1. The van der Waals surface area contributed by atoms with E-state index in [4.69, 9.17) is 0 Å². The van der Waals surface area contributed by atoms with Crippen molar-refractivity contribution in [3.63, 3.8) is 0 Å². The molecule has 0 aromatic carbocycles. The van der Waals surface area contributed by atoms with Crippen LogP contribution in [0.3, 0.4) is 0 Å². The molecule has 0 unspecified atom stereocenters. The lowest BCUT2D eigenvalue weighted by atomic mass is 10.4. The lowest BCUT2D eigenvalue weighted by molar-refractivity contribution is 0.579. The van der Waals surface area contributed by atoms with Crippen LogP contribution in [0, 0.1) is 0 Å². The van der Waals surface area contributed by atoms with Crippen LogP contribution < -0.4 is 10.0 Å². The predicted octanol–water partition coefficient (Wildman–Crippen LogP) is -0.00830. The van der Waals surface area contributed by atoms with Gasteiger partial charge in [0.15, 0.2) is 5.82 Å². The van der Waals surface area contributed by atoms with Gasteiger partial charge in [-0.05, 0) is 18.9 Å². The fourth-order valence-electron chi connectivity index (χ4n) is 1.63. The first-order valence-electron chi connectivity index (χ1n) is 6.16. The van der Waals surface area contributed by atoms with Gasteiger partial charge in [-0.2, -0.15) is 5.21 Å². The summed E-state index contributed by atoms with van der Waals surface area (Å²) in [5.41, 5.74) is 0. The van der Waals surface area contributed by atoms with Crippen LogP contribution in [-0.4, -0.2) is 35.1 Å². The van der Waals surface area contributed by atoms with Gasteiger partial charge in [0.25, 0.3) is 0 Å². The Hall–Kier alpha value is -1.36. The Balaban J connectivity index is 1.61. The Labute approximate surface area is 120 Å². The number of hydrogen-bond acceptors (Lipinski definition) is 7. The van der Waals surface area contributed by atoms with E-state index in [1.807, 2.05) is 0 Å². The third-order valence-corrected chi connectivity index (χ3v) is 5.36. The number of thiophene rings is 1. The average molecular weight is 314 g/mol. The van der Waals surface area contributed by atoms with E-state index in [1.54, 1.807) is 11.4 Å². The molecule has 2 aromatic rings. The van der Waals surface area contributed by atoms with Gasteiger partial charge in [-0.3, -0.25) is 0 Å². The molecular weight excluding hydrogens is 300 g/mol. The number of nitrogens with zero attached hydrogens (tertiary/aromatic N) is 3. The molecule has 1 aliphatic rings. The first-order chi connectivity index (χ1) is 9.63. The Morgan fingerprint density at radius 3 is 2.95 bits per heavy atom. The lowest BCUT2D eigenvalue weighted by Crippen LogP contribution is -2.23. The van der Waals surface area contributed by atoms with E-state index in [-0.39, 0.29) is 11.4 Å². The third kappa shape index (κ3) is 3.39. The highest BCUT2D eigenvalue weighted by molar-refractivity contribution is 7.89. The molecule has 0 aliphatic heterocycles. The second-order valence-corrected chi connectivity index (χ2v) is 7.32. The molecule has 8 nitrogen and oxygen atoms in total. The molecule has 108 valence electrons. The van der Waals surface area contributed by atoms with E-state index in [0.717, 1.165) is 11.4 Å². The molecule has 20 heavy (non-hydrogen) atoms. The van der Waals surface area contributed by atoms with Gasteiger partial charge >= 0.3 is 0 Å². The van der Waals surface area contributed by atoms with E-state index in [2.05, 4.69) is 30.7 Å². The van der Waals surface area contributed by atoms with Gasteiger partial charge in [0, 0.05) is 22.8 Å². The fraction of sp³-hybridized carbons (Fsp3) is 0.500. The van der Waals surface area contributed by atoms with Gasteiger partial charge in [-0.25, -0.2) is 13.1 Å². The molecule has 0 spiro atoms. The maximum Gasteiger partial charge on any atom is 0.241 e. The summed E-state index contributed by atoms with van der Waals surface area (Å²) in [6.07, 6.45) is 2.42. The van der Waals surface area contributed by atoms with Crippen LogP contribution in [0.2, 0.25) is 0 Å². The molecule has 0 bridgehead atoms. The first-order valence-corrected chi connectivity index (χ1v) is 8.52. The molecular formula is C10H14N6O2S2. The largest absolute Gasteiger partial charge is 0.309 e. The van der Waals surface area contributed by atoms with Crippen LogP contribution in [0.1, 0.15) is 23.5 Å². The molecule has 3 N–H and O–H groups in total. The fourth-order valence-corrected chi connectivity index (χ4v) is 3.83. The molecule has 10 heteroatoms. The van der Waals surface area contributed by atoms with E-state index in [0.29, 0.717) is 11.9 Å². The van der Waals surface area contributed by atoms with Crippen LogP contribution in [-0.2, 0) is 23.1 Å². The third-order valence-electron chi connectivity index (χ3n) is 2.89. The van der Waals surface area contributed by atoms with Crippen LogP contribution in [0.4, 0.5) is 0 Å². The van der Waals surface area contributed by atoms with Crippen molar-refractivity contribution < 1.29 is 8.42 Å². The normalized spacial score (nSPS) is 15.6. The maximum absolute atomic E-state index is 12.1. The van der Waals surface area contributed by atoms with E-state index in [9.17, 15) is 8.42 Å². The summed E-state index contributed by atoms with van der Waals surface area (Å²) >= 11 is 1.44. The van der Waals surface area contributed by atoms with Gasteiger partial charge in [0.2, 0.25) is 10.0 Å². The number of sulfonamides is 1. The van der Waals surface area contributed by atoms with Crippen LogP contribution >= 0.6 is 11.3 Å². The highest BCUT2D eigenvalue weighted by atomic mass is 32.2. The lowest BCUT2D eigenvalue weighted by Gasteiger charge is -2.01. The molecule has 1 saturated carbocycles. The van der Waals surface area contributed by atoms with Crippen molar-refractivity contribution in [3.8, 4) is 0 Å². The monoisotopic (exact) mass is 314 g/mol. The number of hydrogen-bond donors (Lipinski definition) is 3. The van der Waals surface area contributed by atoms with E-state index in [1.165, 1.54) is 24.2 Å². The Kier molecular flexibility index (Phi) is 3.78. The van der Waals surface area contributed by atoms with Crippen molar-refractivity contribution in [1.82, 2.24) is 30.7 Å². The van der Waals surface area contributed by atoms with Crippen molar-refractivity contribution in [3.05, 3.63) is 22.1 Å². The molecule has 0 atom stereocenters. The Bertz CT molecular complexity index is 662. The highest BCUT2D eigenvalue weighted by Gasteiger charge is 2.21. The van der Waals surface area contributed by atoms with E-state index < -0.39 is 10.0 Å². The summed E-state index contributed by atoms with van der Waals surface area (Å²) in [4.78, 5) is 1.29. The quantitative estimate of drug-likeness (QED) is 0.662. The van der Waals surface area contributed by atoms with Crippen LogP contribution in [0.25, 0.3) is 0 Å². The van der Waals surface area contributed by atoms with Crippen molar-refractivity contribution >= 4 is 21.4 Å². The molecule has 0 saturated heterocycles. The SMILES string of the molecule is O=S(=O)(NCc1nn[nH]n1)c1csc(CNC2CC2)c1. The molecule has 0 amide bonds. The molecule has 0 radical (unpaired) electrons. The average Bonchev–Trinajstić information content (AvgIpc) is 2.94. The topological polar surface area (TPSA) is 113 Å². The van der Waals surface area contributed by atoms with Crippen LogP contribution in [0.15, 0.2) is 16.3 Å². The smallest absolute Gasteiger partial charge is 0.241 e. The maximum atomic E-state index is 12.1. The summed E-state index contributed by atoms with van der Waals surface area (Å²) in [6, 6.07) is 2.30. The van der Waals surface area contributed by atoms with Crippen molar-refractivity contribution in [2.24, 2.45) is 0 Å². The zero-order valence-electron chi connectivity index (χ0n) is 10.5. The predicted molar refractivity (Wildman–Crippen MR) is 72.4 cm³/mol. The number of rotatable bonds is 7. The van der Waals surface area contributed by atoms with Gasteiger partial charge in [-0.1, -0.05) is 5.21 Å². The minimum atomic E-state index is -3.53. The molecule has 2 aromatic heterocycles. The van der Waals surface area contributed by atoms with Gasteiger partial charge in [0.05, 0.1) is 11.4 Å². The Morgan fingerprint density at radius 2 is 2.25 bits per heavy atom. The highest BCUT2D eigenvalue weighted by Crippen LogP contribution is 2.22. The summed E-state index contributed by atoms with van der Waals surface area (Å²) in [6.45, 7) is 0.736. The number of nitrogens with one attached hydrogen (secondary N) is 3. The second kappa shape index (κ2) is 5.56. The summed E-state index contributed by atoms with van der Waals surface area (Å²) in [5, 5.41) is 18.0. The number of aromatic nitrogens is 4. The number of H-pyrrole nitrogens is 1. The minimum absolute atomic E-state index is 0.0182. The molecule has 1 fully saturated rings. The summed E-state index contributed by atoms with van der Waals surface area (Å²) in [5.74, 6) is 0.305. The summed E-state index contributed by atoms with van der Waals surface area (Å²) in [7, 11) is -3.53. The number of aromatic amines is 1. The van der Waals surface area contributed by atoms with Gasteiger partial charge in [-0.15, -0.1) is 21.5 Å². The van der Waals surface area contributed by atoms with Crippen molar-refractivity contribution in [2.45, 2.75) is 36.9 Å². The van der Waals surface area contributed by atoms with Crippen molar-refractivity contribution in [2.75, 3.05) is 0 Å². The second-order valence-electron chi connectivity index (χ2n) is 4.56.